The van der Waals surface area contributed by atoms with Gasteiger partial charge in [0.15, 0.2) is 0 Å². The van der Waals surface area contributed by atoms with Crippen LogP contribution < -0.4 is 5.43 Å². The number of aromatic nitrogens is 1. The van der Waals surface area contributed by atoms with E-state index in [9.17, 15) is 4.79 Å². The summed E-state index contributed by atoms with van der Waals surface area (Å²) < 4.78 is 2.21. The van der Waals surface area contributed by atoms with Gasteiger partial charge in [-0.2, -0.15) is 5.10 Å². The fourth-order valence-corrected chi connectivity index (χ4v) is 3.88. The number of benzene rings is 2. The molecule has 2 aromatic carbocycles. The van der Waals surface area contributed by atoms with Crippen LogP contribution in [-0.4, -0.2) is 16.2 Å². The third kappa shape index (κ3) is 3.13. The van der Waals surface area contributed by atoms with Crippen molar-refractivity contribution in [1.82, 2.24) is 9.99 Å². The van der Waals surface area contributed by atoms with Gasteiger partial charge in [-0.25, -0.2) is 5.43 Å². The first-order chi connectivity index (χ1) is 12.7. The Kier molecular flexibility index (Phi) is 4.54. The number of amides is 1. The third-order valence-corrected chi connectivity index (χ3v) is 5.45. The van der Waals surface area contributed by atoms with Crippen molar-refractivity contribution in [2.75, 3.05) is 0 Å². The molecule has 0 saturated heterocycles. The maximum absolute atomic E-state index is 12.3. The zero-order valence-electron chi connectivity index (χ0n) is 14.5. The highest BCUT2D eigenvalue weighted by atomic mass is 32.1. The van der Waals surface area contributed by atoms with E-state index in [-0.39, 0.29) is 5.91 Å². The van der Waals surface area contributed by atoms with Crippen LogP contribution in [0.5, 0.6) is 0 Å². The summed E-state index contributed by atoms with van der Waals surface area (Å²) in [6.45, 7) is 2.52. The Morgan fingerprint density at radius 3 is 2.27 bits per heavy atom. The molecule has 4 rings (SSSR count). The lowest BCUT2D eigenvalue weighted by Gasteiger charge is -2.07. The van der Waals surface area contributed by atoms with Crippen LogP contribution in [0.25, 0.3) is 21.8 Å². The van der Waals surface area contributed by atoms with Gasteiger partial charge in [0, 0.05) is 39.6 Å². The van der Waals surface area contributed by atoms with Gasteiger partial charge in [0.25, 0.3) is 0 Å². The van der Waals surface area contributed by atoms with Crippen molar-refractivity contribution in [3.05, 3.63) is 70.9 Å². The molecule has 0 fully saturated rings. The molecule has 0 aliphatic heterocycles. The summed E-state index contributed by atoms with van der Waals surface area (Å²) in [5.74, 6) is -0.0808. The Bertz CT molecular complexity index is 1040. The second-order valence-electron chi connectivity index (χ2n) is 6.15. The molecule has 1 N–H and O–H groups in total. The van der Waals surface area contributed by atoms with Crippen LogP contribution in [0.1, 0.15) is 18.2 Å². The van der Waals surface area contributed by atoms with Crippen LogP contribution in [-0.2, 0) is 11.3 Å². The van der Waals surface area contributed by atoms with Crippen LogP contribution in [0.15, 0.2) is 71.1 Å². The normalized spacial score (nSPS) is 12.0. The number of aryl methyl sites for hydroxylation is 1. The van der Waals surface area contributed by atoms with Crippen LogP contribution in [0.3, 0.4) is 0 Å². The first kappa shape index (κ1) is 16.5. The fraction of sp³-hybridized carbons (Fsp3) is 0.143. The highest BCUT2D eigenvalue weighted by Gasteiger charge is 2.11. The molecule has 0 radical (unpaired) electrons. The Morgan fingerprint density at radius 2 is 1.65 bits per heavy atom. The van der Waals surface area contributed by atoms with Gasteiger partial charge in [-0.1, -0.05) is 42.5 Å². The molecule has 130 valence electrons. The molecule has 0 aliphatic carbocycles. The van der Waals surface area contributed by atoms with Crippen LogP contribution in [0.2, 0.25) is 0 Å². The number of nitrogens with one attached hydrogen (secondary N) is 1. The average molecular weight is 361 g/mol. The number of hydrazone groups is 1. The van der Waals surface area contributed by atoms with Crippen LogP contribution in [0, 0.1) is 0 Å². The summed E-state index contributed by atoms with van der Waals surface area (Å²) in [6.07, 6.45) is 0.379. The molecule has 4 aromatic rings. The molecule has 0 spiro atoms. The first-order valence-corrected chi connectivity index (χ1v) is 9.45. The molecule has 0 unspecified atom stereocenters. The van der Waals surface area contributed by atoms with E-state index in [0.29, 0.717) is 13.0 Å². The smallest absolute Gasteiger partial charge is 0.241 e. The predicted molar refractivity (Wildman–Crippen MR) is 109 cm³/mol. The number of hydrogen-bond donors (Lipinski definition) is 1. The van der Waals surface area contributed by atoms with Crippen molar-refractivity contribution in [1.29, 1.82) is 0 Å². The molecular formula is C21H19N3OS. The lowest BCUT2D eigenvalue weighted by atomic mass is 10.2. The van der Waals surface area contributed by atoms with E-state index in [4.69, 9.17) is 0 Å². The largest absolute Gasteiger partial charge is 0.340 e. The number of hydrogen-bond acceptors (Lipinski definition) is 3. The first-order valence-electron chi connectivity index (χ1n) is 8.57. The highest BCUT2D eigenvalue weighted by molar-refractivity contribution is 7.12. The monoisotopic (exact) mass is 361 g/mol. The number of nitrogens with zero attached hydrogens (tertiary/aromatic N) is 2. The Labute approximate surface area is 155 Å². The zero-order chi connectivity index (χ0) is 17.9. The Morgan fingerprint density at radius 1 is 1.00 bits per heavy atom. The SMILES string of the molecule is C/C(=N/NC(=O)CCn1c2ccccc2c2ccccc21)c1cccs1. The summed E-state index contributed by atoms with van der Waals surface area (Å²) in [6, 6.07) is 20.6. The molecule has 1 amide bonds. The van der Waals surface area contributed by atoms with Crippen molar-refractivity contribution in [2.45, 2.75) is 19.9 Å². The van der Waals surface area contributed by atoms with Crippen LogP contribution in [0.4, 0.5) is 0 Å². The minimum absolute atomic E-state index is 0.0808. The third-order valence-electron chi connectivity index (χ3n) is 4.47. The minimum atomic E-state index is -0.0808. The second kappa shape index (κ2) is 7.14. The van der Waals surface area contributed by atoms with Gasteiger partial charge in [-0.3, -0.25) is 4.79 Å². The number of carbonyl (C=O) groups excluding carboxylic acids is 1. The zero-order valence-corrected chi connectivity index (χ0v) is 15.3. The summed E-state index contributed by atoms with van der Waals surface area (Å²) >= 11 is 1.61. The Balaban J connectivity index is 1.52. The standard InChI is InChI=1S/C21H19N3OS/c1-15(20-11-6-14-26-20)22-23-21(25)12-13-24-18-9-4-2-7-16(18)17-8-3-5-10-19(17)24/h2-11,14H,12-13H2,1H3,(H,23,25)/b22-15-. The van der Waals surface area contributed by atoms with E-state index >= 15 is 0 Å². The number of rotatable bonds is 5. The van der Waals surface area contributed by atoms with Gasteiger partial charge < -0.3 is 4.57 Å². The number of fused-ring (bicyclic) bond motifs is 3. The topological polar surface area (TPSA) is 46.4 Å². The van der Waals surface area contributed by atoms with Gasteiger partial charge in [0.05, 0.1) is 5.71 Å². The molecule has 0 bridgehead atoms. The molecular weight excluding hydrogens is 342 g/mol. The van der Waals surface area contributed by atoms with E-state index in [0.717, 1.165) is 21.6 Å². The van der Waals surface area contributed by atoms with Gasteiger partial charge in [0.2, 0.25) is 5.91 Å². The van der Waals surface area contributed by atoms with Gasteiger partial charge in [0.1, 0.15) is 0 Å². The fourth-order valence-electron chi connectivity index (χ4n) is 3.20. The van der Waals surface area contributed by atoms with Crippen molar-refractivity contribution in [2.24, 2.45) is 5.10 Å². The molecule has 5 heteroatoms. The quantitative estimate of drug-likeness (QED) is 0.403. The molecule has 0 aliphatic rings. The van der Waals surface area contributed by atoms with E-state index in [1.165, 1.54) is 10.8 Å². The van der Waals surface area contributed by atoms with Crippen molar-refractivity contribution < 1.29 is 4.79 Å². The van der Waals surface area contributed by atoms with Crippen molar-refractivity contribution >= 4 is 44.8 Å². The Hall–Kier alpha value is -2.92. The van der Waals surface area contributed by atoms with Crippen molar-refractivity contribution in [3.8, 4) is 0 Å². The molecule has 0 saturated carbocycles. The second-order valence-corrected chi connectivity index (χ2v) is 7.09. The van der Waals surface area contributed by atoms with E-state index in [2.05, 4.69) is 39.4 Å². The summed E-state index contributed by atoms with van der Waals surface area (Å²) in [7, 11) is 0. The maximum Gasteiger partial charge on any atom is 0.241 e. The molecule has 26 heavy (non-hydrogen) atoms. The summed E-state index contributed by atoms with van der Waals surface area (Å²) in [4.78, 5) is 13.3. The number of para-hydroxylation sites is 2. The van der Waals surface area contributed by atoms with Gasteiger partial charge in [-0.05, 0) is 30.5 Å². The lowest BCUT2D eigenvalue weighted by molar-refractivity contribution is -0.121. The number of carbonyl (C=O) groups is 1. The predicted octanol–water partition coefficient (Wildman–Crippen LogP) is 4.79. The highest BCUT2D eigenvalue weighted by Crippen LogP contribution is 2.28. The number of thiophene rings is 1. The van der Waals surface area contributed by atoms with E-state index in [1.807, 2.05) is 48.7 Å². The van der Waals surface area contributed by atoms with Crippen molar-refractivity contribution in [3.63, 3.8) is 0 Å². The van der Waals surface area contributed by atoms with E-state index in [1.54, 1.807) is 11.3 Å². The molecule has 2 aromatic heterocycles. The van der Waals surface area contributed by atoms with Gasteiger partial charge in [-0.15, -0.1) is 11.3 Å². The maximum atomic E-state index is 12.3. The molecule has 4 nitrogen and oxygen atoms in total. The minimum Gasteiger partial charge on any atom is -0.340 e. The molecule has 2 heterocycles. The summed E-state index contributed by atoms with van der Waals surface area (Å²) in [5.41, 5.74) is 5.80. The van der Waals surface area contributed by atoms with Crippen LogP contribution >= 0.6 is 11.3 Å². The van der Waals surface area contributed by atoms with E-state index < -0.39 is 0 Å². The lowest BCUT2D eigenvalue weighted by Crippen LogP contribution is -2.20. The molecule has 0 atom stereocenters. The van der Waals surface area contributed by atoms with Gasteiger partial charge >= 0.3 is 0 Å². The summed E-state index contributed by atoms with van der Waals surface area (Å²) in [5, 5.41) is 8.64. The average Bonchev–Trinajstić information content (AvgIpc) is 3.31.